The predicted molar refractivity (Wildman–Crippen MR) is 28.4 cm³/mol. The molecule has 0 aromatic carbocycles. The number of quaternary nitrogens is 2. The summed E-state index contributed by atoms with van der Waals surface area (Å²) in [6.45, 7) is 1.27. The van der Waals surface area contributed by atoms with Crippen LogP contribution in [0, 0.1) is 0 Å². The first kappa shape index (κ1) is 16.4. The van der Waals surface area contributed by atoms with Gasteiger partial charge in [0.25, 0.3) is 0 Å². The Morgan fingerprint density at radius 2 is 1.70 bits per heavy atom. The maximum atomic E-state index is 7.90. The lowest BCUT2D eigenvalue weighted by molar-refractivity contribution is -0.409. The van der Waals surface area contributed by atoms with E-state index in [4.69, 9.17) is 5.53 Å². The van der Waals surface area contributed by atoms with Gasteiger partial charge in [-0.2, -0.15) is 0 Å². The van der Waals surface area contributed by atoms with Crippen molar-refractivity contribution in [1.82, 2.24) is 0 Å². The molecule has 0 unspecified atom stereocenters. The Labute approximate surface area is 71.6 Å². The molecule has 0 rings (SSSR count). The first-order valence-corrected chi connectivity index (χ1v) is 2.47. The highest BCUT2D eigenvalue weighted by Crippen LogP contribution is 1.80. The van der Waals surface area contributed by atoms with Gasteiger partial charge in [-0.1, -0.05) is 5.11 Å². The van der Waals surface area contributed by atoms with Gasteiger partial charge in [0.2, 0.25) is 0 Å². The molecule has 0 fully saturated rings. The number of rotatable bonds is 3. The van der Waals surface area contributed by atoms with Crippen LogP contribution in [0.1, 0.15) is 0 Å². The maximum Gasteiger partial charge on any atom is 0.135 e. The highest BCUT2D eigenvalue weighted by atomic mass is 35.5. The molecule has 62 valence electrons. The summed E-state index contributed by atoms with van der Waals surface area (Å²) in [5, 5.41) is 3.42. The Balaban J connectivity index is -0.000000245. The SMILES string of the molecule is [Cl-].[Cl-].[N-]=[N+]=NC(C[NH3+])C[NH3+]. The predicted octanol–water partition coefficient (Wildman–Crippen LogP) is -7.84. The average Bonchev–Trinajstić information content (AvgIpc) is 1.83. The van der Waals surface area contributed by atoms with E-state index in [9.17, 15) is 0 Å². The summed E-state index contributed by atoms with van der Waals surface area (Å²) in [6.07, 6.45) is 0. The normalized spacial score (nSPS) is 7.10. The van der Waals surface area contributed by atoms with E-state index < -0.39 is 0 Å². The minimum atomic E-state index is -0.0139. The largest absolute Gasteiger partial charge is 1.00 e. The summed E-state index contributed by atoms with van der Waals surface area (Å²) >= 11 is 0. The first-order chi connectivity index (χ1) is 3.85. The third-order valence-corrected chi connectivity index (χ3v) is 0.881. The van der Waals surface area contributed by atoms with E-state index >= 15 is 0 Å². The van der Waals surface area contributed by atoms with Gasteiger partial charge >= 0.3 is 0 Å². The Kier molecular flexibility index (Phi) is 19.0. The van der Waals surface area contributed by atoms with Crippen molar-refractivity contribution < 1.29 is 36.3 Å². The zero-order chi connectivity index (χ0) is 6.41. The first-order valence-electron chi connectivity index (χ1n) is 2.47. The molecule has 0 heterocycles. The third kappa shape index (κ3) is 7.81. The topological polar surface area (TPSA) is 104 Å². The van der Waals surface area contributed by atoms with Gasteiger partial charge < -0.3 is 36.3 Å². The van der Waals surface area contributed by atoms with Gasteiger partial charge in [-0.3, -0.25) is 0 Å². The maximum absolute atomic E-state index is 7.90. The zero-order valence-electron chi connectivity index (χ0n) is 5.50. The van der Waals surface area contributed by atoms with Gasteiger partial charge in [-0.25, -0.2) is 0 Å². The fourth-order valence-electron chi connectivity index (χ4n) is 0.333. The summed E-state index contributed by atoms with van der Waals surface area (Å²) in [5.74, 6) is 0. The molecule has 0 spiro atoms. The monoisotopic (exact) mass is 187 g/mol. The van der Waals surface area contributed by atoms with Crippen molar-refractivity contribution in [1.29, 1.82) is 0 Å². The molecule has 0 aliphatic heterocycles. The average molecular weight is 188 g/mol. The highest BCUT2D eigenvalue weighted by molar-refractivity contribution is 4.60. The summed E-state index contributed by atoms with van der Waals surface area (Å²) in [7, 11) is 0. The molecule has 0 aromatic heterocycles. The van der Waals surface area contributed by atoms with Crippen LogP contribution in [-0.2, 0) is 0 Å². The minimum Gasteiger partial charge on any atom is -1.00 e. The fourth-order valence-corrected chi connectivity index (χ4v) is 0.333. The van der Waals surface area contributed by atoms with E-state index in [1.165, 1.54) is 0 Å². The van der Waals surface area contributed by atoms with E-state index in [-0.39, 0.29) is 30.9 Å². The molecular weight excluding hydrogens is 177 g/mol. The quantitative estimate of drug-likeness (QED) is 0.249. The van der Waals surface area contributed by atoms with Crippen molar-refractivity contribution >= 4 is 0 Å². The lowest BCUT2D eigenvalue weighted by Crippen LogP contribution is -3.00. The van der Waals surface area contributed by atoms with Crippen molar-refractivity contribution in [2.75, 3.05) is 13.1 Å². The summed E-state index contributed by atoms with van der Waals surface area (Å²) < 4.78 is 0. The van der Waals surface area contributed by atoms with Gasteiger partial charge in [0.15, 0.2) is 0 Å². The fraction of sp³-hybridized carbons (Fsp3) is 1.00. The molecule has 0 bridgehead atoms. The second-order valence-corrected chi connectivity index (χ2v) is 1.44. The van der Waals surface area contributed by atoms with Crippen molar-refractivity contribution in [2.24, 2.45) is 5.11 Å². The third-order valence-electron chi connectivity index (χ3n) is 0.881. The van der Waals surface area contributed by atoms with E-state index in [0.717, 1.165) is 0 Å². The molecule has 6 N–H and O–H groups in total. The molecule has 0 radical (unpaired) electrons. The second kappa shape index (κ2) is 11.6. The van der Waals surface area contributed by atoms with Gasteiger partial charge in [0.05, 0.1) is 13.1 Å². The zero-order valence-corrected chi connectivity index (χ0v) is 7.02. The molecular formula is C3H11Cl2N5. The minimum absolute atomic E-state index is 0. The van der Waals surface area contributed by atoms with Crippen LogP contribution in [0.4, 0.5) is 0 Å². The standard InChI is InChI=1S/C3H9N5.2ClH/c4-1-3(2-5)7-8-6;;/h3H,1-2,4-5H2;2*1H. The van der Waals surface area contributed by atoms with Gasteiger partial charge in [-0.05, 0) is 5.53 Å². The molecule has 10 heavy (non-hydrogen) atoms. The second-order valence-electron chi connectivity index (χ2n) is 1.44. The number of nitrogens with zero attached hydrogens (tertiary/aromatic N) is 3. The molecule has 7 heteroatoms. The summed E-state index contributed by atoms with van der Waals surface area (Å²) in [4.78, 5) is 2.62. The number of azide groups is 1. The smallest absolute Gasteiger partial charge is 0.135 e. The summed E-state index contributed by atoms with van der Waals surface area (Å²) in [6, 6.07) is -0.0139. The van der Waals surface area contributed by atoms with E-state index in [2.05, 4.69) is 21.5 Å². The van der Waals surface area contributed by atoms with Crippen molar-refractivity contribution in [2.45, 2.75) is 6.04 Å². The molecule has 5 nitrogen and oxygen atoms in total. The van der Waals surface area contributed by atoms with Gasteiger partial charge in [0.1, 0.15) is 6.04 Å². The molecule has 0 aliphatic rings. The van der Waals surface area contributed by atoms with Crippen molar-refractivity contribution in [3.05, 3.63) is 10.4 Å². The lowest BCUT2D eigenvalue weighted by atomic mass is 10.3. The molecule has 0 saturated heterocycles. The van der Waals surface area contributed by atoms with Crippen LogP contribution in [-0.4, -0.2) is 19.1 Å². The number of hydrogen-bond donors (Lipinski definition) is 2. The Bertz CT molecular complexity index is 97.1. The van der Waals surface area contributed by atoms with E-state index in [1.807, 2.05) is 0 Å². The van der Waals surface area contributed by atoms with Crippen LogP contribution in [0.25, 0.3) is 10.4 Å². The van der Waals surface area contributed by atoms with Crippen LogP contribution in [0.15, 0.2) is 5.11 Å². The molecule has 0 aliphatic carbocycles. The molecule has 0 amide bonds. The van der Waals surface area contributed by atoms with Crippen molar-refractivity contribution in [3.8, 4) is 0 Å². The highest BCUT2D eigenvalue weighted by Gasteiger charge is 2.02. The van der Waals surface area contributed by atoms with Crippen LogP contribution >= 0.6 is 0 Å². The Morgan fingerprint density at radius 3 is 1.80 bits per heavy atom. The van der Waals surface area contributed by atoms with E-state index in [1.54, 1.807) is 0 Å². The summed E-state index contributed by atoms with van der Waals surface area (Å²) in [5.41, 5.74) is 15.0. The molecule has 0 atom stereocenters. The molecule has 0 aromatic rings. The van der Waals surface area contributed by atoms with Crippen molar-refractivity contribution in [3.63, 3.8) is 0 Å². The van der Waals surface area contributed by atoms with Crippen LogP contribution in [0.5, 0.6) is 0 Å². The Morgan fingerprint density at radius 1 is 1.30 bits per heavy atom. The van der Waals surface area contributed by atoms with E-state index in [0.29, 0.717) is 13.1 Å². The lowest BCUT2D eigenvalue weighted by Gasteiger charge is -1.94. The van der Waals surface area contributed by atoms with Gasteiger partial charge in [-0.15, -0.1) is 0 Å². The number of halogens is 2. The number of hydrogen-bond acceptors (Lipinski definition) is 1. The molecule has 0 saturated carbocycles. The van der Waals surface area contributed by atoms with Crippen LogP contribution < -0.4 is 36.3 Å². The van der Waals surface area contributed by atoms with Crippen LogP contribution in [0.3, 0.4) is 0 Å². The van der Waals surface area contributed by atoms with Gasteiger partial charge in [0, 0.05) is 4.91 Å². The van der Waals surface area contributed by atoms with Crippen LogP contribution in [0.2, 0.25) is 0 Å². The Hall–Kier alpha value is -0.190.